The van der Waals surface area contributed by atoms with Crippen LogP contribution in [0.5, 0.6) is 0 Å². The Balaban J connectivity index is 1.45. The number of hydrogen-bond acceptors (Lipinski definition) is 3. The molecule has 1 saturated heterocycles. The summed E-state index contributed by atoms with van der Waals surface area (Å²) in [6, 6.07) is 14.6. The number of H-pyrrole nitrogens is 1. The number of pyridine rings is 1. The molecule has 1 fully saturated rings. The van der Waals surface area contributed by atoms with Crippen LogP contribution < -0.4 is 10.2 Å². The first-order chi connectivity index (χ1) is 12.2. The third kappa shape index (κ3) is 3.28. The molecule has 5 heteroatoms. The normalized spacial score (nSPS) is 15.9. The number of fused-ring (bicyclic) bond motifs is 1. The maximum absolute atomic E-state index is 12.0. The fourth-order valence-electron chi connectivity index (χ4n) is 3.33. The number of rotatable bonds is 5. The first kappa shape index (κ1) is 15.8. The first-order valence-corrected chi connectivity index (χ1v) is 8.77. The Hall–Kier alpha value is -2.66. The van der Waals surface area contributed by atoms with Crippen LogP contribution in [-0.4, -0.2) is 22.4 Å². The zero-order chi connectivity index (χ0) is 17.2. The van der Waals surface area contributed by atoms with Crippen LogP contribution in [0.15, 0.2) is 48.7 Å². The van der Waals surface area contributed by atoms with Crippen molar-refractivity contribution in [1.29, 1.82) is 0 Å². The van der Waals surface area contributed by atoms with Gasteiger partial charge in [0.05, 0.1) is 5.69 Å². The molecule has 3 aromatic rings. The molecule has 2 aromatic heterocycles. The van der Waals surface area contributed by atoms with E-state index in [-0.39, 0.29) is 11.9 Å². The highest BCUT2D eigenvalue weighted by atomic mass is 16.2. The number of nitrogens with zero attached hydrogens (tertiary/aromatic N) is 2. The summed E-state index contributed by atoms with van der Waals surface area (Å²) in [5, 5.41) is 4.65. The molecule has 0 saturated carbocycles. The fraction of sp³-hybridized carbons (Fsp3) is 0.300. The number of anilines is 1. The highest BCUT2D eigenvalue weighted by Gasteiger charge is 2.22. The van der Waals surface area contributed by atoms with Gasteiger partial charge in [-0.2, -0.15) is 0 Å². The molecular weight excluding hydrogens is 312 g/mol. The Bertz CT molecular complexity index is 901. The van der Waals surface area contributed by atoms with E-state index in [0.717, 1.165) is 35.4 Å². The van der Waals surface area contributed by atoms with Gasteiger partial charge in [0, 0.05) is 42.8 Å². The number of benzene rings is 1. The number of carbonyl (C=O) groups excluding carboxylic acids is 1. The standard InChI is InChI=1S/C20H22N4O/c1-14(22-13-17-8-7-15-9-10-21-20(15)23-17)16-4-2-5-18(12-16)24-11-3-6-19(24)25/h2,4-5,7-10,12,14,22H,3,6,11,13H2,1H3,(H,21,23). The Morgan fingerprint density at radius 2 is 2.20 bits per heavy atom. The molecule has 5 nitrogen and oxygen atoms in total. The lowest BCUT2D eigenvalue weighted by molar-refractivity contribution is -0.117. The summed E-state index contributed by atoms with van der Waals surface area (Å²) >= 11 is 0. The topological polar surface area (TPSA) is 61.0 Å². The second-order valence-electron chi connectivity index (χ2n) is 6.56. The van der Waals surface area contributed by atoms with Crippen molar-refractivity contribution in [2.45, 2.75) is 32.4 Å². The monoisotopic (exact) mass is 334 g/mol. The molecule has 128 valence electrons. The van der Waals surface area contributed by atoms with Crippen molar-refractivity contribution in [3.63, 3.8) is 0 Å². The van der Waals surface area contributed by atoms with Gasteiger partial charge in [-0.25, -0.2) is 4.98 Å². The maximum Gasteiger partial charge on any atom is 0.227 e. The van der Waals surface area contributed by atoms with Gasteiger partial charge in [-0.1, -0.05) is 12.1 Å². The van der Waals surface area contributed by atoms with Crippen molar-refractivity contribution in [2.75, 3.05) is 11.4 Å². The van der Waals surface area contributed by atoms with Gasteiger partial charge in [-0.3, -0.25) is 4.79 Å². The minimum atomic E-state index is 0.179. The zero-order valence-electron chi connectivity index (χ0n) is 14.3. The number of carbonyl (C=O) groups is 1. The minimum absolute atomic E-state index is 0.179. The number of aromatic nitrogens is 2. The van der Waals surface area contributed by atoms with E-state index >= 15 is 0 Å². The summed E-state index contributed by atoms with van der Waals surface area (Å²) in [6.07, 6.45) is 3.51. The minimum Gasteiger partial charge on any atom is -0.346 e. The second-order valence-corrected chi connectivity index (χ2v) is 6.56. The van der Waals surface area contributed by atoms with E-state index in [1.54, 1.807) is 0 Å². The van der Waals surface area contributed by atoms with E-state index in [9.17, 15) is 4.79 Å². The Kier molecular flexibility index (Phi) is 4.24. The molecule has 1 aliphatic heterocycles. The Morgan fingerprint density at radius 3 is 3.04 bits per heavy atom. The molecule has 4 rings (SSSR count). The molecule has 0 spiro atoms. The Labute approximate surface area is 147 Å². The van der Waals surface area contributed by atoms with E-state index in [0.29, 0.717) is 13.0 Å². The summed E-state index contributed by atoms with van der Waals surface area (Å²) < 4.78 is 0. The lowest BCUT2D eigenvalue weighted by atomic mass is 10.1. The van der Waals surface area contributed by atoms with Crippen LogP contribution in [0.25, 0.3) is 11.0 Å². The predicted octanol–water partition coefficient (Wildman–Crippen LogP) is 3.54. The highest BCUT2D eigenvalue weighted by Crippen LogP contribution is 2.25. The molecule has 1 amide bonds. The van der Waals surface area contributed by atoms with E-state index in [4.69, 9.17) is 0 Å². The van der Waals surface area contributed by atoms with Crippen molar-refractivity contribution >= 4 is 22.6 Å². The van der Waals surface area contributed by atoms with Crippen LogP contribution in [0.2, 0.25) is 0 Å². The van der Waals surface area contributed by atoms with E-state index in [1.165, 1.54) is 5.56 Å². The van der Waals surface area contributed by atoms with Crippen molar-refractivity contribution in [3.05, 3.63) is 59.9 Å². The smallest absolute Gasteiger partial charge is 0.227 e. The molecule has 0 radical (unpaired) electrons. The van der Waals surface area contributed by atoms with Crippen molar-refractivity contribution in [3.8, 4) is 0 Å². The number of aromatic amines is 1. The average molecular weight is 334 g/mol. The van der Waals surface area contributed by atoms with Gasteiger partial charge in [-0.05, 0) is 49.2 Å². The van der Waals surface area contributed by atoms with Gasteiger partial charge >= 0.3 is 0 Å². The number of hydrogen-bond donors (Lipinski definition) is 2. The van der Waals surface area contributed by atoms with Crippen molar-refractivity contribution in [2.24, 2.45) is 0 Å². The number of nitrogens with one attached hydrogen (secondary N) is 2. The molecule has 0 aliphatic carbocycles. The molecule has 3 heterocycles. The molecular formula is C20H22N4O. The van der Waals surface area contributed by atoms with Crippen molar-refractivity contribution < 1.29 is 4.79 Å². The summed E-state index contributed by atoms with van der Waals surface area (Å²) in [6.45, 7) is 3.66. The zero-order valence-corrected chi connectivity index (χ0v) is 14.3. The van der Waals surface area contributed by atoms with Gasteiger partial charge in [0.15, 0.2) is 0 Å². The second kappa shape index (κ2) is 6.69. The third-order valence-corrected chi connectivity index (χ3v) is 4.81. The average Bonchev–Trinajstić information content (AvgIpc) is 3.27. The summed E-state index contributed by atoms with van der Waals surface area (Å²) in [4.78, 5) is 21.6. The van der Waals surface area contributed by atoms with Gasteiger partial charge < -0.3 is 15.2 Å². The molecule has 1 atom stereocenters. The third-order valence-electron chi connectivity index (χ3n) is 4.81. The lowest BCUT2D eigenvalue weighted by Crippen LogP contribution is -2.24. The molecule has 1 aromatic carbocycles. The van der Waals surface area contributed by atoms with Crippen molar-refractivity contribution in [1.82, 2.24) is 15.3 Å². The van der Waals surface area contributed by atoms with Crippen LogP contribution in [0, 0.1) is 0 Å². The summed E-state index contributed by atoms with van der Waals surface area (Å²) in [5.41, 5.74) is 4.10. The quantitative estimate of drug-likeness (QED) is 0.750. The molecule has 1 aliphatic rings. The number of amides is 1. The Morgan fingerprint density at radius 1 is 1.28 bits per heavy atom. The molecule has 0 bridgehead atoms. The predicted molar refractivity (Wildman–Crippen MR) is 99.4 cm³/mol. The molecule has 2 N–H and O–H groups in total. The first-order valence-electron chi connectivity index (χ1n) is 8.77. The maximum atomic E-state index is 12.0. The van der Waals surface area contributed by atoms with Gasteiger partial charge in [0.2, 0.25) is 5.91 Å². The van der Waals surface area contributed by atoms with Crippen LogP contribution in [0.4, 0.5) is 5.69 Å². The van der Waals surface area contributed by atoms with E-state index in [2.05, 4.69) is 46.5 Å². The molecule has 25 heavy (non-hydrogen) atoms. The van der Waals surface area contributed by atoms with Gasteiger partial charge in [0.1, 0.15) is 5.65 Å². The fourth-order valence-corrected chi connectivity index (χ4v) is 3.33. The largest absolute Gasteiger partial charge is 0.346 e. The SMILES string of the molecule is CC(NCc1ccc2cc[nH]c2n1)c1cccc(N2CCCC2=O)c1. The van der Waals surface area contributed by atoms with Crippen LogP contribution in [0.3, 0.4) is 0 Å². The van der Waals surface area contributed by atoms with Crippen LogP contribution in [0.1, 0.15) is 37.1 Å². The van der Waals surface area contributed by atoms with E-state index < -0.39 is 0 Å². The lowest BCUT2D eigenvalue weighted by Gasteiger charge is -2.19. The highest BCUT2D eigenvalue weighted by molar-refractivity contribution is 5.95. The van der Waals surface area contributed by atoms with Crippen LogP contribution >= 0.6 is 0 Å². The van der Waals surface area contributed by atoms with Gasteiger partial charge in [0.25, 0.3) is 0 Å². The van der Waals surface area contributed by atoms with Gasteiger partial charge in [-0.15, -0.1) is 0 Å². The van der Waals surface area contributed by atoms with E-state index in [1.807, 2.05) is 29.3 Å². The molecule has 1 unspecified atom stereocenters. The summed E-state index contributed by atoms with van der Waals surface area (Å²) in [5.74, 6) is 0.223. The van der Waals surface area contributed by atoms with Crippen LogP contribution in [-0.2, 0) is 11.3 Å². The summed E-state index contributed by atoms with van der Waals surface area (Å²) in [7, 11) is 0.